The minimum Gasteiger partial charge on any atom is -0.480 e. The number of unbranched alkanes of at least 4 members (excludes halogenated alkanes) is 1. The van der Waals surface area contributed by atoms with Crippen LogP contribution in [0.4, 0.5) is 0 Å². The number of nitrogens with one attached hydrogen (secondary N) is 1. The summed E-state index contributed by atoms with van der Waals surface area (Å²) in [6.45, 7) is 3.99. The van der Waals surface area contributed by atoms with E-state index in [0.29, 0.717) is 37.9 Å². The molecule has 1 aromatic carbocycles. The summed E-state index contributed by atoms with van der Waals surface area (Å²) < 4.78 is 16.9. The van der Waals surface area contributed by atoms with Gasteiger partial charge in [-0.1, -0.05) is 79.6 Å². The van der Waals surface area contributed by atoms with Crippen molar-refractivity contribution < 1.29 is 38.8 Å². The van der Waals surface area contributed by atoms with Crippen LogP contribution in [0.1, 0.15) is 60.0 Å². The largest absolute Gasteiger partial charge is 0.480 e. The number of amidine groups is 1. The number of fused-ring (bicyclic) bond motifs is 2. The number of aliphatic carboxylic acids is 1. The molecule has 4 rings (SSSR count). The number of methoxy groups -OCH3 is 1. The van der Waals surface area contributed by atoms with Gasteiger partial charge in [-0.05, 0) is 36.5 Å². The average molecular weight is 720 g/mol. The second-order valence-electron chi connectivity index (χ2n) is 11.0. The molecular formula is C33H46ClN7O9. The van der Waals surface area contributed by atoms with E-state index < -0.39 is 17.2 Å². The molecule has 1 aromatic heterocycles. The highest BCUT2D eigenvalue weighted by molar-refractivity contribution is 6.31. The van der Waals surface area contributed by atoms with Crippen LogP contribution in [-0.2, 0) is 36.8 Å². The van der Waals surface area contributed by atoms with Gasteiger partial charge >= 0.3 is 5.97 Å². The Hall–Kier alpha value is -4.61. The van der Waals surface area contributed by atoms with Gasteiger partial charge in [0.1, 0.15) is 24.2 Å². The molecule has 3 heterocycles. The smallest absolute Gasteiger partial charge is 0.329 e. The first kappa shape index (κ1) is 41.6. The lowest BCUT2D eigenvalue weighted by Gasteiger charge is -2.31. The van der Waals surface area contributed by atoms with Crippen LogP contribution < -0.4 is 17.1 Å². The highest BCUT2D eigenvalue weighted by atomic mass is 35.5. The number of carboxylic acid groups (broad SMARTS) is 1. The fourth-order valence-corrected chi connectivity index (χ4v) is 5.13. The molecule has 50 heavy (non-hydrogen) atoms. The Morgan fingerprint density at radius 1 is 1.26 bits per heavy atom. The number of carbonyl (C=O) groups is 2. The highest BCUT2D eigenvalue weighted by Gasteiger charge is 2.35. The molecule has 6 N–H and O–H groups in total. The molecule has 3 atom stereocenters. The Kier molecular flexibility index (Phi) is 19.7. The molecule has 0 amide bonds. The Morgan fingerprint density at radius 3 is 2.60 bits per heavy atom. The molecule has 16 nitrogen and oxygen atoms in total. The number of hydrazine groups is 1. The quantitative estimate of drug-likeness (QED) is 0.0416. The number of aryl methyl sites for hydroxylation is 1. The Morgan fingerprint density at radius 2 is 2.00 bits per heavy atom. The fourth-order valence-electron chi connectivity index (χ4n) is 4.88. The third-order valence-electron chi connectivity index (χ3n) is 7.38. The van der Waals surface area contributed by atoms with E-state index in [1.165, 1.54) is 7.11 Å². The summed E-state index contributed by atoms with van der Waals surface area (Å²) in [6, 6.07) is 8.12. The molecule has 0 saturated carbocycles. The summed E-state index contributed by atoms with van der Waals surface area (Å²) in [5.74, 6) is 10.8. The van der Waals surface area contributed by atoms with Gasteiger partial charge in [-0.15, -0.1) is 10.1 Å². The summed E-state index contributed by atoms with van der Waals surface area (Å²) in [5.41, 5.74) is 4.93. The van der Waals surface area contributed by atoms with Crippen molar-refractivity contribution >= 4 is 35.8 Å². The normalized spacial score (nSPS) is 18.9. The zero-order valence-electron chi connectivity index (χ0n) is 28.2. The first-order valence-corrected chi connectivity index (χ1v) is 16.3. The molecule has 0 aliphatic carbocycles. The van der Waals surface area contributed by atoms with Crippen molar-refractivity contribution in [1.29, 1.82) is 0 Å². The van der Waals surface area contributed by atoms with E-state index in [4.69, 9.17) is 37.9 Å². The molecule has 2 saturated heterocycles. The minimum absolute atomic E-state index is 0.0987. The molecule has 2 aliphatic rings. The molecule has 274 valence electrons. The Labute approximate surface area is 295 Å². The molecule has 2 aliphatic heterocycles. The zero-order valence-corrected chi connectivity index (χ0v) is 28.9. The van der Waals surface area contributed by atoms with Gasteiger partial charge in [0.2, 0.25) is 0 Å². The molecule has 2 aromatic rings. The summed E-state index contributed by atoms with van der Waals surface area (Å²) >= 11 is 6.14. The molecule has 0 spiro atoms. The van der Waals surface area contributed by atoms with E-state index in [1.807, 2.05) is 53.1 Å². The molecule has 2 fully saturated rings. The predicted octanol–water partition coefficient (Wildman–Crippen LogP) is 3.71. The number of hydrazone groups is 1. The number of aromatic nitrogens is 2. The molecule has 0 radical (unpaired) electrons. The van der Waals surface area contributed by atoms with Crippen LogP contribution in [0.3, 0.4) is 0 Å². The first-order valence-electron chi connectivity index (χ1n) is 15.9. The van der Waals surface area contributed by atoms with E-state index in [0.717, 1.165) is 55.3 Å². The van der Waals surface area contributed by atoms with Gasteiger partial charge in [0, 0.05) is 32.6 Å². The van der Waals surface area contributed by atoms with Crippen molar-refractivity contribution in [3.05, 3.63) is 92.6 Å². The number of carboxylic acids is 1. The number of nitrogens with zero attached hydrogens (tertiary/aromatic N) is 4. The lowest BCUT2D eigenvalue weighted by Crippen LogP contribution is -2.40. The van der Waals surface area contributed by atoms with Crippen LogP contribution in [0.25, 0.3) is 6.08 Å². The van der Waals surface area contributed by atoms with Gasteiger partial charge < -0.3 is 40.0 Å². The predicted molar refractivity (Wildman–Crippen MR) is 188 cm³/mol. The number of carbonyl (C=O) groups excluding carboxylic acids is 1. The number of rotatable bonds is 14. The van der Waals surface area contributed by atoms with Crippen LogP contribution >= 0.6 is 11.6 Å². The maximum absolute atomic E-state index is 11.5. The van der Waals surface area contributed by atoms with Crippen molar-refractivity contribution in [1.82, 2.24) is 15.0 Å². The zero-order chi connectivity index (χ0) is 36.7. The van der Waals surface area contributed by atoms with Gasteiger partial charge in [-0.25, -0.2) is 15.6 Å². The van der Waals surface area contributed by atoms with Gasteiger partial charge in [0.15, 0.2) is 17.3 Å². The second kappa shape index (κ2) is 23.7. The van der Waals surface area contributed by atoms with Crippen LogP contribution in [0.2, 0.25) is 5.15 Å². The van der Waals surface area contributed by atoms with Crippen LogP contribution in [0.15, 0.2) is 59.7 Å². The summed E-state index contributed by atoms with van der Waals surface area (Å²) in [4.78, 5) is 40.0. The van der Waals surface area contributed by atoms with Crippen molar-refractivity contribution in [2.24, 2.45) is 22.7 Å². The van der Waals surface area contributed by atoms with Gasteiger partial charge in [-0.2, -0.15) is 5.10 Å². The fraction of sp³-hybridized carbons (Fsp3) is 0.455. The third-order valence-corrected chi connectivity index (χ3v) is 7.66. The number of halogens is 1. The SMILES string of the molecule is CCCCc1nc(Cl)c(C=O)n1Cc1ccc(/C=C/C=C\C=C\C(=N\N)NN)cc1.COCC(=O)O.O=[N+]([O-])OC1CO[C@@H]2CCOC[C@H]1C2. The number of aldehydes is 1. The summed E-state index contributed by atoms with van der Waals surface area (Å²) in [5, 5.41) is 21.0. The Balaban J connectivity index is 0.000000354. The number of hydrogen-bond donors (Lipinski definition) is 4. The maximum atomic E-state index is 11.5. The van der Waals surface area contributed by atoms with E-state index in [1.54, 1.807) is 12.2 Å². The molecule has 17 heteroatoms. The molecule has 2 bridgehead atoms. The first-order chi connectivity index (χ1) is 24.1. The highest BCUT2D eigenvalue weighted by Crippen LogP contribution is 2.27. The topological polar surface area (TPSA) is 229 Å². The number of ether oxygens (including phenoxy) is 3. The average Bonchev–Trinajstić information content (AvgIpc) is 3.25. The lowest BCUT2D eigenvalue weighted by molar-refractivity contribution is -0.772. The molecular weight excluding hydrogens is 674 g/mol. The van der Waals surface area contributed by atoms with Gasteiger partial charge in [0.05, 0.1) is 19.3 Å². The van der Waals surface area contributed by atoms with E-state index in [2.05, 4.69) is 32.0 Å². The lowest BCUT2D eigenvalue weighted by atomic mass is 9.93. The summed E-state index contributed by atoms with van der Waals surface area (Å²) in [6.07, 6.45) is 16.1. The van der Waals surface area contributed by atoms with Crippen LogP contribution in [-0.4, -0.2) is 83.6 Å². The summed E-state index contributed by atoms with van der Waals surface area (Å²) in [7, 11) is 1.34. The Bertz CT molecular complexity index is 1460. The number of allylic oxidation sites excluding steroid dienone is 4. The number of hydrogen-bond acceptors (Lipinski definition) is 12. The van der Waals surface area contributed by atoms with Gasteiger partial charge in [-0.3, -0.25) is 4.79 Å². The minimum atomic E-state index is -0.933. The van der Waals surface area contributed by atoms with Crippen LogP contribution in [0, 0.1) is 16.0 Å². The monoisotopic (exact) mass is 719 g/mol. The standard InChI is InChI=1S/C22H27ClN6O.C8H13NO5.C3H6O3/c1-2-3-10-21-26-22(23)19(16-30)29(21)15-18-13-11-17(12-14-18)8-6-4-5-7-9-20(27-24)28-25;10-9(11)14-8-5-13-7-1-2-12-4-6(8)3-7;1-6-2-3(4)5/h4-9,11-14,16H,2-3,10,15,24-25H2,1H3,(H,27,28);6-8H,1-5H2;2H2,1H3,(H,4,5)/b5-4-,8-6+,9-7+;;/t;6-,7-,8?;/m.1./s1. The third kappa shape index (κ3) is 15.3. The van der Waals surface area contributed by atoms with E-state index in [9.17, 15) is 19.7 Å². The van der Waals surface area contributed by atoms with Crippen molar-refractivity contribution in [2.75, 3.05) is 33.5 Å². The van der Waals surface area contributed by atoms with Crippen molar-refractivity contribution in [3.8, 4) is 0 Å². The van der Waals surface area contributed by atoms with Crippen LogP contribution in [0.5, 0.6) is 0 Å². The number of benzene rings is 1. The van der Waals surface area contributed by atoms with Gasteiger partial charge in [0.25, 0.3) is 5.09 Å². The van der Waals surface area contributed by atoms with Crippen molar-refractivity contribution in [3.63, 3.8) is 0 Å². The molecule has 1 unspecified atom stereocenters. The van der Waals surface area contributed by atoms with Crippen molar-refractivity contribution in [2.45, 2.75) is 57.8 Å². The van der Waals surface area contributed by atoms with E-state index in [-0.39, 0.29) is 23.8 Å². The number of nitrogens with two attached hydrogens (primary N) is 2. The second-order valence-corrected chi connectivity index (χ2v) is 11.4. The number of imidazole rings is 1. The maximum Gasteiger partial charge on any atom is 0.329 e. The van der Waals surface area contributed by atoms with E-state index >= 15 is 0 Å².